The Balaban J connectivity index is 1.74. The van der Waals surface area contributed by atoms with E-state index in [4.69, 9.17) is 4.52 Å². The van der Waals surface area contributed by atoms with Gasteiger partial charge in [0, 0.05) is 31.1 Å². The van der Waals surface area contributed by atoms with E-state index in [0.29, 0.717) is 18.3 Å². The van der Waals surface area contributed by atoms with Gasteiger partial charge in [0.05, 0.1) is 0 Å². The lowest BCUT2D eigenvalue weighted by Crippen LogP contribution is -2.34. The van der Waals surface area contributed by atoms with Crippen LogP contribution < -0.4 is 10.6 Å². The molecule has 1 fully saturated rings. The highest BCUT2D eigenvalue weighted by Gasteiger charge is 2.26. The maximum Gasteiger partial charge on any atom is 0.274 e. The Kier molecular flexibility index (Phi) is 2.84. The first-order chi connectivity index (χ1) is 8.34. The molecule has 0 bridgehead atoms. The molecular weight excluding hydrogens is 218 g/mol. The molecule has 0 aromatic carbocycles. The van der Waals surface area contributed by atoms with Crippen LogP contribution in [0.15, 0.2) is 4.52 Å². The summed E-state index contributed by atoms with van der Waals surface area (Å²) in [4.78, 5) is 12.1. The summed E-state index contributed by atoms with van der Waals surface area (Å²) in [6.07, 6.45) is 5.42. The number of hydrogen-bond acceptors (Lipinski definition) is 4. The van der Waals surface area contributed by atoms with Crippen LogP contribution in [0.1, 0.15) is 47.5 Å². The molecule has 0 saturated heterocycles. The fourth-order valence-corrected chi connectivity index (χ4v) is 2.64. The highest BCUT2D eigenvalue weighted by atomic mass is 16.5. The molecule has 2 N–H and O–H groups in total. The van der Waals surface area contributed by atoms with Crippen molar-refractivity contribution >= 4 is 5.91 Å². The van der Waals surface area contributed by atoms with Crippen molar-refractivity contribution in [1.29, 1.82) is 0 Å². The Morgan fingerprint density at radius 3 is 3.06 bits per heavy atom. The molecule has 0 unspecified atom stereocenters. The van der Waals surface area contributed by atoms with E-state index in [9.17, 15) is 4.79 Å². The van der Waals surface area contributed by atoms with E-state index in [2.05, 4.69) is 15.8 Å². The van der Waals surface area contributed by atoms with E-state index in [-0.39, 0.29) is 5.91 Å². The number of nitrogens with zero attached hydrogens (tertiary/aromatic N) is 1. The van der Waals surface area contributed by atoms with Crippen molar-refractivity contribution in [2.75, 3.05) is 6.54 Å². The van der Waals surface area contributed by atoms with Gasteiger partial charge < -0.3 is 15.2 Å². The van der Waals surface area contributed by atoms with Crippen molar-refractivity contribution in [3.8, 4) is 0 Å². The van der Waals surface area contributed by atoms with E-state index in [1.807, 2.05) is 0 Å². The van der Waals surface area contributed by atoms with Gasteiger partial charge in [-0.3, -0.25) is 4.79 Å². The Hall–Kier alpha value is -1.36. The predicted octanol–water partition coefficient (Wildman–Crippen LogP) is 0.993. The largest absolute Gasteiger partial charge is 0.360 e. The molecule has 2 heterocycles. The van der Waals surface area contributed by atoms with Gasteiger partial charge in [-0.25, -0.2) is 0 Å². The second-order valence-electron chi connectivity index (χ2n) is 4.81. The van der Waals surface area contributed by atoms with Gasteiger partial charge in [-0.15, -0.1) is 0 Å². The smallest absolute Gasteiger partial charge is 0.274 e. The van der Waals surface area contributed by atoms with Crippen LogP contribution in [0.4, 0.5) is 0 Å². The molecule has 1 aromatic heterocycles. The van der Waals surface area contributed by atoms with Crippen molar-refractivity contribution in [2.24, 2.45) is 0 Å². The monoisotopic (exact) mass is 235 g/mol. The number of carbonyl (C=O) groups excluding carboxylic acids is 1. The summed E-state index contributed by atoms with van der Waals surface area (Å²) >= 11 is 0. The highest BCUT2D eigenvalue weighted by Crippen LogP contribution is 2.20. The molecule has 1 aromatic rings. The highest BCUT2D eigenvalue weighted by molar-refractivity contribution is 5.94. The minimum atomic E-state index is -0.0781. The maximum absolute atomic E-state index is 12.1. The van der Waals surface area contributed by atoms with Crippen LogP contribution in [0, 0.1) is 0 Å². The molecule has 5 heteroatoms. The summed E-state index contributed by atoms with van der Waals surface area (Å²) in [7, 11) is 0. The number of nitrogens with one attached hydrogen (secondary N) is 2. The van der Waals surface area contributed by atoms with Crippen molar-refractivity contribution < 1.29 is 9.32 Å². The molecule has 2 aliphatic rings. The first-order valence-corrected chi connectivity index (χ1v) is 6.33. The van der Waals surface area contributed by atoms with Crippen LogP contribution in [-0.4, -0.2) is 23.7 Å². The van der Waals surface area contributed by atoms with E-state index in [1.165, 1.54) is 12.8 Å². The molecule has 17 heavy (non-hydrogen) atoms. The molecular formula is C12H17N3O2. The number of carbonyl (C=O) groups is 1. The van der Waals surface area contributed by atoms with Gasteiger partial charge in [0.25, 0.3) is 5.91 Å². The molecule has 92 valence electrons. The summed E-state index contributed by atoms with van der Waals surface area (Å²) in [5, 5.41) is 10.2. The van der Waals surface area contributed by atoms with Crippen molar-refractivity contribution in [3.05, 3.63) is 17.0 Å². The minimum absolute atomic E-state index is 0.0781. The quantitative estimate of drug-likeness (QED) is 0.802. The van der Waals surface area contributed by atoms with Gasteiger partial charge in [0.2, 0.25) is 0 Å². The normalized spacial score (nSPS) is 20.2. The summed E-state index contributed by atoms with van der Waals surface area (Å²) in [6, 6.07) is 0.325. The summed E-state index contributed by atoms with van der Waals surface area (Å²) in [5.41, 5.74) is 1.41. The van der Waals surface area contributed by atoms with Crippen LogP contribution in [-0.2, 0) is 13.0 Å². The maximum atomic E-state index is 12.1. The van der Waals surface area contributed by atoms with Gasteiger partial charge in [-0.1, -0.05) is 18.0 Å². The SMILES string of the molecule is O=C(NC1CCCC1)c1noc2c1CNCC2. The van der Waals surface area contributed by atoms with E-state index in [0.717, 1.165) is 37.1 Å². The number of hydrogen-bond donors (Lipinski definition) is 2. The van der Waals surface area contributed by atoms with Crippen LogP contribution in [0.2, 0.25) is 0 Å². The molecule has 3 rings (SSSR count). The van der Waals surface area contributed by atoms with Crippen LogP contribution in [0.3, 0.4) is 0 Å². The summed E-state index contributed by atoms with van der Waals surface area (Å²) in [6.45, 7) is 1.58. The third kappa shape index (κ3) is 2.07. The van der Waals surface area contributed by atoms with Crippen LogP contribution in [0.5, 0.6) is 0 Å². The Morgan fingerprint density at radius 1 is 1.41 bits per heavy atom. The predicted molar refractivity (Wildman–Crippen MR) is 61.6 cm³/mol. The average Bonchev–Trinajstić information content (AvgIpc) is 2.96. The topological polar surface area (TPSA) is 67.2 Å². The minimum Gasteiger partial charge on any atom is -0.360 e. The van der Waals surface area contributed by atoms with Crippen molar-refractivity contribution in [2.45, 2.75) is 44.7 Å². The number of rotatable bonds is 2. The average molecular weight is 235 g/mol. The Labute approximate surface area is 99.9 Å². The third-order valence-electron chi connectivity index (χ3n) is 3.61. The van der Waals surface area contributed by atoms with Gasteiger partial charge in [-0.2, -0.15) is 0 Å². The lowest BCUT2D eigenvalue weighted by atomic mass is 10.1. The van der Waals surface area contributed by atoms with Gasteiger partial charge >= 0.3 is 0 Å². The molecule has 1 amide bonds. The lowest BCUT2D eigenvalue weighted by Gasteiger charge is -2.13. The Bertz CT molecular complexity index is 421. The van der Waals surface area contributed by atoms with Crippen LogP contribution >= 0.6 is 0 Å². The number of amides is 1. The van der Waals surface area contributed by atoms with Crippen molar-refractivity contribution in [1.82, 2.24) is 15.8 Å². The van der Waals surface area contributed by atoms with E-state index < -0.39 is 0 Å². The molecule has 1 aliphatic carbocycles. The van der Waals surface area contributed by atoms with Gasteiger partial charge in [0.1, 0.15) is 5.76 Å². The second-order valence-corrected chi connectivity index (χ2v) is 4.81. The van der Waals surface area contributed by atoms with E-state index in [1.54, 1.807) is 0 Å². The molecule has 1 saturated carbocycles. The third-order valence-corrected chi connectivity index (χ3v) is 3.61. The summed E-state index contributed by atoms with van der Waals surface area (Å²) in [5.74, 6) is 0.783. The summed E-state index contributed by atoms with van der Waals surface area (Å²) < 4.78 is 5.22. The zero-order valence-electron chi connectivity index (χ0n) is 9.79. The zero-order chi connectivity index (χ0) is 11.7. The fraction of sp³-hybridized carbons (Fsp3) is 0.667. The lowest BCUT2D eigenvalue weighted by molar-refractivity contribution is 0.0928. The first kappa shape index (κ1) is 10.8. The fourth-order valence-electron chi connectivity index (χ4n) is 2.64. The van der Waals surface area contributed by atoms with Gasteiger partial charge in [-0.05, 0) is 12.8 Å². The van der Waals surface area contributed by atoms with Gasteiger partial charge in [0.15, 0.2) is 5.69 Å². The molecule has 0 spiro atoms. The second kappa shape index (κ2) is 4.49. The van der Waals surface area contributed by atoms with Crippen LogP contribution in [0.25, 0.3) is 0 Å². The Morgan fingerprint density at radius 2 is 2.24 bits per heavy atom. The first-order valence-electron chi connectivity index (χ1n) is 6.33. The molecule has 5 nitrogen and oxygen atoms in total. The van der Waals surface area contributed by atoms with Crippen molar-refractivity contribution in [3.63, 3.8) is 0 Å². The molecule has 1 aliphatic heterocycles. The zero-order valence-corrected chi connectivity index (χ0v) is 9.79. The number of fused-ring (bicyclic) bond motifs is 1. The standard InChI is InChI=1S/C12H17N3O2/c16-12(14-8-3-1-2-4-8)11-9-7-13-6-5-10(9)17-15-11/h8,13H,1-7H2,(H,14,16). The molecule has 0 atom stereocenters. The van der Waals surface area contributed by atoms with E-state index >= 15 is 0 Å². The number of aromatic nitrogens is 1. The molecule has 0 radical (unpaired) electrons.